The van der Waals surface area contributed by atoms with E-state index in [0.29, 0.717) is 49.7 Å². The van der Waals surface area contributed by atoms with Gasteiger partial charge in [-0.25, -0.2) is 8.42 Å². The largest absolute Gasteiger partial charge is 0.454 e. The number of benzene rings is 1. The van der Waals surface area contributed by atoms with Crippen LogP contribution in [0.25, 0.3) is 0 Å². The van der Waals surface area contributed by atoms with Crippen molar-refractivity contribution in [3.63, 3.8) is 0 Å². The Hall–Kier alpha value is -1.64. The Morgan fingerprint density at radius 2 is 1.83 bits per heavy atom. The van der Waals surface area contributed by atoms with E-state index in [2.05, 4.69) is 0 Å². The zero-order chi connectivity index (χ0) is 17.2. The van der Waals surface area contributed by atoms with E-state index in [-0.39, 0.29) is 24.9 Å². The Morgan fingerprint density at radius 1 is 1.12 bits per heavy atom. The van der Waals surface area contributed by atoms with E-state index in [9.17, 15) is 13.2 Å². The number of carbonyl (C=O) groups excluding carboxylic acids is 1. The molecular formula is C16H22N2O5S. The molecule has 0 aromatic heterocycles. The van der Waals surface area contributed by atoms with Crippen molar-refractivity contribution < 1.29 is 22.7 Å². The molecule has 0 atom stereocenters. The number of ether oxygens (including phenoxy) is 2. The predicted molar refractivity (Wildman–Crippen MR) is 89.0 cm³/mol. The van der Waals surface area contributed by atoms with Gasteiger partial charge in [-0.3, -0.25) is 9.69 Å². The molecule has 132 valence electrons. The van der Waals surface area contributed by atoms with Gasteiger partial charge in [-0.1, -0.05) is 6.92 Å². The van der Waals surface area contributed by atoms with Crippen molar-refractivity contribution in [2.45, 2.75) is 13.3 Å². The number of piperazine rings is 1. The summed E-state index contributed by atoms with van der Waals surface area (Å²) >= 11 is 0. The van der Waals surface area contributed by atoms with Crippen molar-refractivity contribution in [2.75, 3.05) is 45.3 Å². The van der Waals surface area contributed by atoms with Gasteiger partial charge in [-0.05, 0) is 24.6 Å². The second kappa shape index (κ2) is 7.08. The fourth-order valence-electron chi connectivity index (χ4n) is 2.92. The summed E-state index contributed by atoms with van der Waals surface area (Å²) in [5.74, 6) is 1.43. The lowest BCUT2D eigenvalue weighted by Crippen LogP contribution is -2.50. The normalized spacial score (nSPS) is 18.7. The molecule has 3 rings (SSSR count). The minimum Gasteiger partial charge on any atom is -0.454 e. The zero-order valence-corrected chi connectivity index (χ0v) is 14.5. The van der Waals surface area contributed by atoms with Gasteiger partial charge in [-0.15, -0.1) is 0 Å². The van der Waals surface area contributed by atoms with Crippen LogP contribution >= 0.6 is 0 Å². The number of carbonyl (C=O) groups is 1. The van der Waals surface area contributed by atoms with Gasteiger partial charge in [0.25, 0.3) is 0 Å². The minimum absolute atomic E-state index is 0.00170. The van der Waals surface area contributed by atoms with E-state index in [1.807, 2.05) is 11.8 Å². The Labute approximate surface area is 142 Å². The third-order valence-corrected chi connectivity index (χ3v) is 6.32. The topological polar surface area (TPSA) is 76.2 Å². The molecule has 8 heteroatoms. The van der Waals surface area contributed by atoms with Crippen molar-refractivity contribution in [3.8, 4) is 11.5 Å². The summed E-state index contributed by atoms with van der Waals surface area (Å²) in [7, 11) is -3.15. The molecule has 2 aliphatic heterocycles. The molecule has 1 saturated heterocycles. The average Bonchev–Trinajstić information content (AvgIpc) is 3.03. The van der Waals surface area contributed by atoms with Gasteiger partial charge in [0, 0.05) is 31.7 Å². The van der Waals surface area contributed by atoms with E-state index in [4.69, 9.17) is 9.47 Å². The van der Waals surface area contributed by atoms with E-state index < -0.39 is 10.0 Å². The summed E-state index contributed by atoms with van der Waals surface area (Å²) in [4.78, 5) is 14.4. The summed E-state index contributed by atoms with van der Waals surface area (Å²) in [6.07, 6.45) is 0.616. The van der Waals surface area contributed by atoms with Crippen molar-refractivity contribution in [2.24, 2.45) is 0 Å². The Morgan fingerprint density at radius 3 is 2.54 bits per heavy atom. The molecule has 0 spiro atoms. The highest BCUT2D eigenvalue weighted by atomic mass is 32.2. The van der Waals surface area contributed by atoms with Gasteiger partial charge in [0.1, 0.15) is 0 Å². The number of hydrogen-bond donors (Lipinski definition) is 0. The Kier molecular flexibility index (Phi) is 5.07. The van der Waals surface area contributed by atoms with Crippen molar-refractivity contribution in [1.82, 2.24) is 9.21 Å². The predicted octanol–water partition coefficient (Wildman–Crippen LogP) is 0.955. The number of ketones is 1. The number of nitrogens with zero attached hydrogens (tertiary/aromatic N) is 2. The minimum atomic E-state index is -3.15. The van der Waals surface area contributed by atoms with Crippen LogP contribution in [0.3, 0.4) is 0 Å². The van der Waals surface area contributed by atoms with E-state index >= 15 is 0 Å². The van der Waals surface area contributed by atoms with Gasteiger partial charge in [0.15, 0.2) is 17.3 Å². The van der Waals surface area contributed by atoms with Crippen LogP contribution in [0.1, 0.15) is 23.7 Å². The van der Waals surface area contributed by atoms with E-state index in [1.165, 1.54) is 4.31 Å². The molecule has 1 aromatic carbocycles. The maximum atomic E-state index is 12.4. The van der Waals surface area contributed by atoms with Gasteiger partial charge in [-0.2, -0.15) is 4.31 Å². The molecule has 0 N–H and O–H groups in total. The van der Waals surface area contributed by atoms with Crippen molar-refractivity contribution >= 4 is 15.8 Å². The van der Waals surface area contributed by atoms with E-state index in [1.54, 1.807) is 18.2 Å². The first kappa shape index (κ1) is 17.2. The highest BCUT2D eigenvalue weighted by molar-refractivity contribution is 7.89. The van der Waals surface area contributed by atoms with Crippen LogP contribution in [0.15, 0.2) is 18.2 Å². The lowest BCUT2D eigenvalue weighted by molar-refractivity contribution is 0.0901. The number of Topliss-reactive ketones (excluding diaryl/α,β-unsaturated/α-hetero) is 1. The Balaban J connectivity index is 1.55. The molecule has 2 heterocycles. The molecule has 0 radical (unpaired) electrons. The molecule has 0 bridgehead atoms. The number of fused-ring (bicyclic) bond motifs is 1. The highest BCUT2D eigenvalue weighted by Crippen LogP contribution is 2.32. The van der Waals surface area contributed by atoms with Crippen LogP contribution < -0.4 is 9.47 Å². The van der Waals surface area contributed by atoms with E-state index in [0.717, 1.165) is 0 Å². The number of rotatable bonds is 6. The van der Waals surface area contributed by atoms with Crippen LogP contribution in [-0.4, -0.2) is 68.7 Å². The van der Waals surface area contributed by atoms with Gasteiger partial charge in [0.2, 0.25) is 16.8 Å². The third-order valence-electron chi connectivity index (χ3n) is 4.25. The smallest absolute Gasteiger partial charge is 0.231 e. The second-order valence-electron chi connectivity index (χ2n) is 5.98. The maximum absolute atomic E-state index is 12.4. The SMILES string of the molecule is CCCS(=O)(=O)N1CCN(CC(=O)c2ccc3c(c2)OCO3)CC1. The van der Waals surface area contributed by atoms with Gasteiger partial charge >= 0.3 is 0 Å². The summed E-state index contributed by atoms with van der Waals surface area (Å²) in [6, 6.07) is 5.18. The lowest BCUT2D eigenvalue weighted by Gasteiger charge is -2.33. The highest BCUT2D eigenvalue weighted by Gasteiger charge is 2.27. The molecule has 1 fully saturated rings. The standard InChI is InChI=1S/C16H22N2O5S/c1-2-9-24(20,21)18-7-5-17(6-8-18)11-14(19)13-3-4-15-16(10-13)23-12-22-15/h3-4,10H,2,5-9,11-12H2,1H3. The first-order valence-corrected chi connectivity index (χ1v) is 9.73. The quantitative estimate of drug-likeness (QED) is 0.708. The molecule has 1 aromatic rings. The molecule has 7 nitrogen and oxygen atoms in total. The molecule has 0 unspecified atom stereocenters. The molecule has 2 aliphatic rings. The van der Waals surface area contributed by atoms with Crippen molar-refractivity contribution in [1.29, 1.82) is 0 Å². The second-order valence-corrected chi connectivity index (χ2v) is 8.07. The molecule has 0 amide bonds. The van der Waals surface area contributed by atoms with Crippen LogP contribution in [-0.2, 0) is 10.0 Å². The van der Waals surface area contributed by atoms with Crippen molar-refractivity contribution in [3.05, 3.63) is 23.8 Å². The van der Waals surface area contributed by atoms with Crippen LogP contribution in [0.2, 0.25) is 0 Å². The summed E-state index contributed by atoms with van der Waals surface area (Å²) in [5.41, 5.74) is 0.584. The monoisotopic (exact) mass is 354 g/mol. The third kappa shape index (κ3) is 3.71. The molecule has 0 aliphatic carbocycles. The molecule has 24 heavy (non-hydrogen) atoms. The summed E-state index contributed by atoms with van der Waals surface area (Å²) in [5, 5.41) is 0. The first-order valence-electron chi connectivity index (χ1n) is 8.12. The van der Waals surface area contributed by atoms with Crippen LogP contribution in [0, 0.1) is 0 Å². The fraction of sp³-hybridized carbons (Fsp3) is 0.562. The van der Waals surface area contributed by atoms with Crippen LogP contribution in [0.4, 0.5) is 0 Å². The first-order chi connectivity index (χ1) is 11.5. The van der Waals surface area contributed by atoms with Gasteiger partial charge < -0.3 is 9.47 Å². The lowest BCUT2D eigenvalue weighted by atomic mass is 10.1. The number of sulfonamides is 1. The summed E-state index contributed by atoms with van der Waals surface area (Å²) in [6.45, 7) is 4.34. The van der Waals surface area contributed by atoms with Crippen LogP contribution in [0.5, 0.6) is 11.5 Å². The fourth-order valence-corrected chi connectivity index (χ4v) is 4.41. The maximum Gasteiger partial charge on any atom is 0.231 e. The molecular weight excluding hydrogens is 332 g/mol. The van der Waals surface area contributed by atoms with Gasteiger partial charge in [0.05, 0.1) is 12.3 Å². The molecule has 0 saturated carbocycles. The number of hydrogen-bond acceptors (Lipinski definition) is 6. The Bertz CT molecular complexity index is 711. The zero-order valence-electron chi connectivity index (χ0n) is 13.7. The average molecular weight is 354 g/mol. The summed E-state index contributed by atoms with van der Waals surface area (Å²) < 4.78 is 36.2.